The summed E-state index contributed by atoms with van der Waals surface area (Å²) in [5.74, 6) is -1.77. The highest BCUT2D eigenvalue weighted by Gasteiger charge is 2.56. The van der Waals surface area contributed by atoms with Gasteiger partial charge in [-0.05, 0) is 5.41 Å². The fourth-order valence-electron chi connectivity index (χ4n) is 5.49. The number of thioether (sulfide) groups is 1. The van der Waals surface area contributed by atoms with E-state index in [1.165, 1.54) is 23.8 Å². The number of piperidine rings is 3. The average molecular weight is 523 g/mol. The molecule has 4 N–H and O–H groups in total. The molecule has 0 unspecified atom stereocenters. The van der Waals surface area contributed by atoms with Crippen molar-refractivity contribution in [1.82, 2.24) is 19.6 Å². The van der Waals surface area contributed by atoms with Gasteiger partial charge in [0.15, 0.2) is 5.13 Å². The van der Waals surface area contributed by atoms with Crippen molar-refractivity contribution >= 4 is 51.9 Å². The lowest BCUT2D eigenvalue weighted by atomic mass is 9.72. The maximum Gasteiger partial charge on any atom is 0.352 e. The van der Waals surface area contributed by atoms with Crippen LogP contribution in [0.4, 0.5) is 5.13 Å². The second-order valence-electron chi connectivity index (χ2n) is 9.93. The number of amides is 2. The number of hydrogen-bond acceptors (Lipinski definition) is 10. The van der Waals surface area contributed by atoms with Crippen molar-refractivity contribution in [3.8, 4) is 0 Å². The number of aromatic nitrogens is 2. The predicted octanol–water partition coefficient (Wildman–Crippen LogP) is 0.230. The van der Waals surface area contributed by atoms with Gasteiger partial charge in [-0.25, -0.2) is 4.79 Å². The van der Waals surface area contributed by atoms with Crippen LogP contribution in [0.15, 0.2) is 16.4 Å². The van der Waals surface area contributed by atoms with E-state index in [-0.39, 0.29) is 22.4 Å². The number of nitrogen functional groups attached to an aromatic ring is 1. The van der Waals surface area contributed by atoms with Crippen LogP contribution in [0.25, 0.3) is 0 Å². The number of oxime groups is 1. The maximum atomic E-state index is 13.1. The van der Waals surface area contributed by atoms with Gasteiger partial charge in [0, 0.05) is 42.1 Å². The molecule has 4 fully saturated rings. The van der Waals surface area contributed by atoms with E-state index in [4.69, 9.17) is 10.6 Å². The molecule has 2 amide bonds. The molecule has 35 heavy (non-hydrogen) atoms. The minimum atomic E-state index is -1.11. The number of carboxylic acid groups (broad SMARTS) is 1. The molecular formula is C21H28N7O5S2+. The van der Waals surface area contributed by atoms with Gasteiger partial charge in [-0.1, -0.05) is 12.1 Å². The monoisotopic (exact) mass is 522 g/mol. The van der Waals surface area contributed by atoms with Gasteiger partial charge in [-0.3, -0.25) is 14.5 Å². The quantitative estimate of drug-likeness (QED) is 0.197. The third-order valence-corrected chi connectivity index (χ3v) is 9.57. The van der Waals surface area contributed by atoms with Crippen LogP contribution in [0, 0.1) is 5.41 Å². The van der Waals surface area contributed by atoms with Gasteiger partial charge in [0.2, 0.25) is 11.5 Å². The van der Waals surface area contributed by atoms with Gasteiger partial charge in [-0.15, -0.1) is 11.8 Å². The lowest BCUT2D eigenvalue weighted by molar-refractivity contribution is -0.941. The third kappa shape index (κ3) is 4.16. The molecule has 12 nitrogen and oxygen atoms in total. The van der Waals surface area contributed by atoms with Gasteiger partial charge in [0.25, 0.3) is 11.8 Å². The second kappa shape index (κ2) is 8.75. The van der Waals surface area contributed by atoms with E-state index in [2.05, 4.69) is 26.8 Å². The summed E-state index contributed by atoms with van der Waals surface area (Å²) < 4.78 is 4.88. The number of nitrogens with one attached hydrogen (secondary N) is 1. The standard InChI is InChI=1S/C21H27N7O5S2/c1-21-3-6-28(7-4-21,8-5-21)9-11-10-34-18-13(17(30)27(18)14(11)19(31)32)23-16(29)12(25-33-2)15-24-20(22)35-26-15/h13,18H,3-10H2,1-2H3,(H3-,22,23,24,26,29,31,32)/p+1/b25-12-/t13-,18+,21?,28?/m1/s1. The summed E-state index contributed by atoms with van der Waals surface area (Å²) in [7, 11) is 1.28. The maximum absolute atomic E-state index is 13.1. The average Bonchev–Trinajstić information content (AvgIpc) is 3.27. The molecule has 14 heteroatoms. The molecule has 5 aliphatic heterocycles. The van der Waals surface area contributed by atoms with Crippen LogP contribution >= 0.6 is 23.3 Å². The Morgan fingerprint density at radius 2 is 2.03 bits per heavy atom. The molecule has 6 heterocycles. The Labute approximate surface area is 210 Å². The van der Waals surface area contributed by atoms with E-state index in [1.54, 1.807) is 0 Å². The molecule has 0 saturated carbocycles. The Balaban J connectivity index is 1.33. The fraction of sp³-hybridized carbons (Fsp3) is 0.619. The lowest BCUT2D eigenvalue weighted by Crippen LogP contribution is -2.71. The fourth-order valence-corrected chi connectivity index (χ4v) is 7.26. The van der Waals surface area contributed by atoms with Crippen molar-refractivity contribution in [1.29, 1.82) is 0 Å². The number of carboxylic acids is 1. The highest BCUT2D eigenvalue weighted by molar-refractivity contribution is 8.00. The predicted molar refractivity (Wildman–Crippen MR) is 129 cm³/mol. The minimum Gasteiger partial charge on any atom is -0.477 e. The normalized spacial score (nSPS) is 32.2. The first-order valence-corrected chi connectivity index (χ1v) is 13.2. The SMILES string of the molecule is CO/N=C(\C(=O)N[C@@H]1C(=O)N2C(C(=O)O)=C(C[N+]34CCC(C)(CC3)CC4)CS[C@@H]12)c1nsc(N)n1. The number of hydrogen-bond donors (Lipinski definition) is 3. The Kier molecular flexibility index (Phi) is 6.00. The molecule has 0 aliphatic carbocycles. The molecule has 1 aromatic rings. The summed E-state index contributed by atoms with van der Waals surface area (Å²) in [5.41, 5.74) is 6.68. The van der Waals surface area contributed by atoms with Crippen LogP contribution in [0.5, 0.6) is 0 Å². The van der Waals surface area contributed by atoms with Crippen molar-refractivity contribution in [3.05, 3.63) is 17.1 Å². The highest BCUT2D eigenvalue weighted by Crippen LogP contribution is 2.46. The van der Waals surface area contributed by atoms with E-state index in [9.17, 15) is 19.5 Å². The molecule has 0 radical (unpaired) electrons. The summed E-state index contributed by atoms with van der Waals surface area (Å²) in [5, 5.41) is 16.0. The van der Waals surface area contributed by atoms with Crippen LogP contribution in [-0.2, 0) is 19.2 Å². The Morgan fingerprint density at radius 1 is 1.34 bits per heavy atom. The zero-order chi connectivity index (χ0) is 25.0. The van der Waals surface area contributed by atoms with Crippen molar-refractivity contribution in [2.24, 2.45) is 10.6 Å². The molecule has 4 saturated heterocycles. The van der Waals surface area contributed by atoms with E-state index in [0.717, 1.165) is 60.5 Å². The van der Waals surface area contributed by atoms with Crippen molar-refractivity contribution in [3.63, 3.8) is 0 Å². The van der Waals surface area contributed by atoms with E-state index in [1.807, 2.05) is 0 Å². The zero-order valence-electron chi connectivity index (χ0n) is 19.5. The van der Waals surface area contributed by atoms with Crippen LogP contribution in [-0.4, -0.2) is 97.8 Å². The highest BCUT2D eigenvalue weighted by atomic mass is 32.2. The number of nitrogens with zero attached hydrogens (tertiary/aromatic N) is 5. The third-order valence-electron chi connectivity index (χ3n) is 7.68. The number of carbonyl (C=O) groups excluding carboxylic acids is 2. The zero-order valence-corrected chi connectivity index (χ0v) is 21.2. The van der Waals surface area contributed by atoms with E-state index < -0.39 is 29.2 Å². The molecule has 5 aliphatic rings. The topological polar surface area (TPSA) is 160 Å². The molecular weight excluding hydrogens is 494 g/mol. The Morgan fingerprint density at radius 3 is 2.60 bits per heavy atom. The van der Waals surface area contributed by atoms with Crippen LogP contribution < -0.4 is 11.1 Å². The number of aliphatic carboxylic acids is 1. The number of quaternary nitrogens is 1. The van der Waals surface area contributed by atoms with Crippen LogP contribution in [0.1, 0.15) is 32.0 Å². The first kappa shape index (κ1) is 24.0. The van der Waals surface area contributed by atoms with Crippen molar-refractivity contribution in [2.75, 3.05) is 44.8 Å². The molecule has 2 atom stereocenters. The smallest absolute Gasteiger partial charge is 0.352 e. The largest absolute Gasteiger partial charge is 0.477 e. The molecule has 6 rings (SSSR count). The van der Waals surface area contributed by atoms with Crippen molar-refractivity contribution < 1.29 is 28.8 Å². The van der Waals surface area contributed by atoms with Crippen LogP contribution in [0.3, 0.4) is 0 Å². The number of β-lactam (4-membered cyclic amide) rings is 1. The van der Waals surface area contributed by atoms with Gasteiger partial charge in [0.05, 0.1) is 19.6 Å². The summed E-state index contributed by atoms with van der Waals surface area (Å²) in [6.45, 7) is 6.14. The number of rotatable bonds is 7. The Hall–Kier alpha value is -2.71. The van der Waals surface area contributed by atoms with Crippen LogP contribution in [0.2, 0.25) is 0 Å². The van der Waals surface area contributed by atoms with Gasteiger partial charge >= 0.3 is 5.97 Å². The van der Waals surface area contributed by atoms with Gasteiger partial charge in [-0.2, -0.15) is 9.36 Å². The van der Waals surface area contributed by atoms with Gasteiger partial charge in [0.1, 0.15) is 30.8 Å². The first-order chi connectivity index (χ1) is 16.7. The molecule has 1 aromatic heterocycles. The van der Waals surface area contributed by atoms with Gasteiger partial charge < -0.3 is 25.5 Å². The molecule has 2 bridgehead atoms. The van der Waals surface area contributed by atoms with E-state index in [0.29, 0.717) is 17.7 Å². The number of anilines is 1. The molecule has 0 aromatic carbocycles. The molecule has 188 valence electrons. The number of fused-ring (bicyclic) bond motifs is 4. The van der Waals surface area contributed by atoms with Crippen molar-refractivity contribution in [2.45, 2.75) is 37.6 Å². The summed E-state index contributed by atoms with van der Waals surface area (Å²) in [6.07, 6.45) is 3.46. The summed E-state index contributed by atoms with van der Waals surface area (Å²) >= 11 is 2.37. The first-order valence-electron chi connectivity index (χ1n) is 11.4. The summed E-state index contributed by atoms with van der Waals surface area (Å²) in [6, 6.07) is -0.890. The number of nitrogens with two attached hydrogens (primary N) is 1. The second-order valence-corrected chi connectivity index (χ2v) is 11.8. The number of carbonyl (C=O) groups is 3. The molecule has 0 spiro atoms. The van der Waals surface area contributed by atoms with E-state index >= 15 is 0 Å². The summed E-state index contributed by atoms with van der Waals surface area (Å²) in [4.78, 5) is 48.3. The lowest BCUT2D eigenvalue weighted by Gasteiger charge is -2.55. The minimum absolute atomic E-state index is 0.00623. The Bertz CT molecular complexity index is 1120.